The number of benzene rings is 1. The number of nitrogens with zero attached hydrogens (tertiary/aromatic N) is 1. The second kappa shape index (κ2) is 5.31. The minimum atomic E-state index is 0.876. The van der Waals surface area contributed by atoms with E-state index in [4.69, 9.17) is 0 Å². The molecule has 0 atom stereocenters. The molecule has 4 heteroatoms. The molecule has 0 bridgehead atoms. The van der Waals surface area contributed by atoms with Crippen LogP contribution in [0.3, 0.4) is 0 Å². The van der Waals surface area contributed by atoms with Gasteiger partial charge in [0.2, 0.25) is 0 Å². The molecular formula is C12H14AlN3. The smallest absolute Gasteiger partial charge is 0.143 e. The third-order valence-electron chi connectivity index (χ3n) is 2.54. The van der Waals surface area contributed by atoms with E-state index in [1.54, 1.807) is 0 Å². The van der Waals surface area contributed by atoms with Gasteiger partial charge >= 0.3 is 0 Å². The summed E-state index contributed by atoms with van der Waals surface area (Å²) in [6.45, 7) is 0.876. The summed E-state index contributed by atoms with van der Waals surface area (Å²) in [6.07, 6.45) is 0. The summed E-state index contributed by atoms with van der Waals surface area (Å²) in [5, 5.41) is 8.47. The minimum Gasteiger partial charge on any atom is -0.373 e. The fourth-order valence-electron chi connectivity index (χ4n) is 1.72. The standard InChI is InChI=1S/C12H14N3.Al/c1-13-8-9-4-3-5-11-10(9)6-7-12(14-2)15-11;/h3-7,13H,1,8H2,2H3,(H,14,15);. The summed E-state index contributed by atoms with van der Waals surface area (Å²) in [6, 6.07) is 10.4. The molecule has 0 unspecified atom stereocenters. The fraction of sp³-hybridized carbons (Fsp3) is 0.250. The Morgan fingerprint density at radius 1 is 1.25 bits per heavy atom. The SMILES string of the molecule is CNc1ccc2c(CN[CH2][Al])cccc2n1. The van der Waals surface area contributed by atoms with Gasteiger partial charge in [-0.3, -0.25) is 0 Å². The minimum absolute atomic E-state index is 0.876. The van der Waals surface area contributed by atoms with Crippen LogP contribution in [0.15, 0.2) is 30.3 Å². The van der Waals surface area contributed by atoms with Crippen molar-refractivity contribution in [2.75, 3.05) is 17.8 Å². The summed E-state index contributed by atoms with van der Waals surface area (Å²) in [7, 11) is 1.88. The third-order valence-corrected chi connectivity index (χ3v) is 2.83. The number of pyridine rings is 1. The lowest BCUT2D eigenvalue weighted by Gasteiger charge is -2.08. The van der Waals surface area contributed by atoms with Crippen LogP contribution in [0.1, 0.15) is 5.56 Å². The number of hydrogen-bond donors (Lipinski definition) is 2. The van der Waals surface area contributed by atoms with Gasteiger partial charge in [-0.15, -0.1) is 0 Å². The van der Waals surface area contributed by atoms with Crippen LogP contribution in [0.5, 0.6) is 0 Å². The van der Waals surface area contributed by atoms with Gasteiger partial charge in [0, 0.05) is 19.0 Å². The molecule has 16 heavy (non-hydrogen) atoms. The Kier molecular flexibility index (Phi) is 3.79. The maximum atomic E-state index is 4.52. The van der Waals surface area contributed by atoms with Gasteiger partial charge in [0.05, 0.1) is 5.52 Å². The lowest BCUT2D eigenvalue weighted by molar-refractivity contribution is 0.796. The summed E-state index contributed by atoms with van der Waals surface area (Å²) in [4.78, 5) is 4.52. The quantitative estimate of drug-likeness (QED) is 0.777. The first-order valence-electron chi connectivity index (χ1n) is 5.32. The topological polar surface area (TPSA) is 37.0 Å². The molecule has 1 aromatic heterocycles. The van der Waals surface area contributed by atoms with Gasteiger partial charge in [-0.25, -0.2) is 4.98 Å². The Hall–Kier alpha value is -1.08. The van der Waals surface area contributed by atoms with Crippen LogP contribution >= 0.6 is 0 Å². The lowest BCUT2D eigenvalue weighted by atomic mass is 10.1. The highest BCUT2D eigenvalue weighted by molar-refractivity contribution is 6.08. The molecule has 1 aromatic carbocycles. The molecule has 0 aliphatic heterocycles. The number of nitrogens with one attached hydrogen (secondary N) is 2. The molecule has 2 N–H and O–H groups in total. The van der Waals surface area contributed by atoms with E-state index in [1.807, 2.05) is 19.2 Å². The normalized spacial score (nSPS) is 10.6. The number of anilines is 1. The van der Waals surface area contributed by atoms with Crippen LogP contribution in [-0.2, 0) is 6.54 Å². The van der Waals surface area contributed by atoms with Gasteiger partial charge in [0.1, 0.15) is 22.1 Å². The van der Waals surface area contributed by atoms with Crippen LogP contribution in [0.2, 0.25) is 0 Å². The largest absolute Gasteiger partial charge is 0.373 e. The Morgan fingerprint density at radius 2 is 2.12 bits per heavy atom. The van der Waals surface area contributed by atoms with Gasteiger partial charge in [-0.05, 0) is 23.8 Å². The average Bonchev–Trinajstić information content (AvgIpc) is 2.35. The third kappa shape index (κ3) is 2.36. The van der Waals surface area contributed by atoms with E-state index in [9.17, 15) is 0 Å². The molecule has 0 fully saturated rings. The molecule has 0 amide bonds. The Labute approximate surface area is 104 Å². The van der Waals surface area contributed by atoms with Crippen molar-refractivity contribution in [1.82, 2.24) is 10.3 Å². The second-order valence-corrected chi connectivity index (χ2v) is 3.97. The van der Waals surface area contributed by atoms with E-state index in [-0.39, 0.29) is 0 Å². The molecule has 2 aromatic rings. The summed E-state index contributed by atoms with van der Waals surface area (Å²) >= 11 is 2.67. The summed E-state index contributed by atoms with van der Waals surface area (Å²) in [5.74, 6) is 0.906. The van der Waals surface area contributed by atoms with Crippen molar-refractivity contribution in [2.45, 2.75) is 6.54 Å². The van der Waals surface area contributed by atoms with E-state index in [0.717, 1.165) is 23.3 Å². The van der Waals surface area contributed by atoms with Gasteiger partial charge in [0.15, 0.2) is 0 Å². The van der Waals surface area contributed by atoms with E-state index >= 15 is 0 Å². The van der Waals surface area contributed by atoms with Crippen molar-refractivity contribution in [3.8, 4) is 0 Å². The Balaban J connectivity index is 2.43. The van der Waals surface area contributed by atoms with Crippen LogP contribution < -0.4 is 10.6 Å². The first kappa shape index (κ1) is 11.4. The van der Waals surface area contributed by atoms with E-state index in [0.29, 0.717) is 0 Å². The molecule has 0 saturated heterocycles. The Bertz CT molecular complexity index is 485. The molecule has 1 heterocycles. The maximum Gasteiger partial charge on any atom is 0.143 e. The van der Waals surface area contributed by atoms with Crippen LogP contribution in [0.4, 0.5) is 5.82 Å². The number of fused-ring (bicyclic) bond motifs is 1. The summed E-state index contributed by atoms with van der Waals surface area (Å²) < 4.78 is 0. The van der Waals surface area contributed by atoms with E-state index < -0.39 is 0 Å². The second-order valence-electron chi connectivity index (χ2n) is 3.56. The highest BCUT2D eigenvalue weighted by Crippen LogP contribution is 2.19. The first-order chi connectivity index (χ1) is 7.85. The maximum absolute atomic E-state index is 4.52. The van der Waals surface area contributed by atoms with Gasteiger partial charge in [0.25, 0.3) is 0 Å². The van der Waals surface area contributed by atoms with Crippen LogP contribution in [-0.4, -0.2) is 33.7 Å². The lowest BCUT2D eigenvalue weighted by Crippen LogP contribution is -2.14. The zero-order valence-corrected chi connectivity index (χ0v) is 10.5. The molecule has 0 aliphatic rings. The molecule has 3 nitrogen and oxygen atoms in total. The van der Waals surface area contributed by atoms with Crippen LogP contribution in [0.25, 0.3) is 10.9 Å². The van der Waals surface area contributed by atoms with Crippen molar-refractivity contribution in [3.05, 3.63) is 35.9 Å². The molecule has 2 rings (SSSR count). The molecule has 0 saturated carbocycles. The zero-order chi connectivity index (χ0) is 11.4. The van der Waals surface area contributed by atoms with Crippen molar-refractivity contribution < 1.29 is 0 Å². The predicted octanol–water partition coefficient (Wildman–Crippen LogP) is 1.49. The monoisotopic (exact) mass is 227 g/mol. The van der Waals surface area contributed by atoms with Gasteiger partial charge < -0.3 is 10.6 Å². The van der Waals surface area contributed by atoms with Crippen molar-refractivity contribution in [3.63, 3.8) is 0 Å². The predicted molar refractivity (Wildman–Crippen MR) is 68.8 cm³/mol. The Morgan fingerprint density at radius 3 is 2.88 bits per heavy atom. The molecule has 0 aliphatic carbocycles. The zero-order valence-electron chi connectivity index (χ0n) is 9.33. The highest BCUT2D eigenvalue weighted by Gasteiger charge is 2.01. The van der Waals surface area contributed by atoms with Gasteiger partial charge in [-0.2, -0.15) is 0 Å². The summed E-state index contributed by atoms with van der Waals surface area (Å²) in [5.41, 5.74) is 2.32. The first-order valence-corrected chi connectivity index (χ1v) is 6.14. The number of rotatable bonds is 4. The molecule has 80 valence electrons. The van der Waals surface area contributed by atoms with Crippen molar-refractivity contribution >= 4 is 33.0 Å². The molecule has 0 spiro atoms. The highest BCUT2D eigenvalue weighted by atomic mass is 27.0. The van der Waals surface area contributed by atoms with Crippen LogP contribution in [0, 0.1) is 0 Å². The van der Waals surface area contributed by atoms with Crippen molar-refractivity contribution in [2.24, 2.45) is 0 Å². The van der Waals surface area contributed by atoms with E-state index in [1.165, 1.54) is 10.9 Å². The fourth-order valence-corrected chi connectivity index (χ4v) is 1.86. The molecule has 2 radical (unpaired) electrons. The number of hydrogen-bond acceptors (Lipinski definition) is 3. The molecular weight excluding hydrogens is 213 g/mol. The van der Waals surface area contributed by atoms with Gasteiger partial charge in [-0.1, -0.05) is 17.5 Å². The average molecular weight is 227 g/mol. The van der Waals surface area contributed by atoms with E-state index in [2.05, 4.69) is 50.1 Å². The number of aromatic nitrogens is 1. The van der Waals surface area contributed by atoms with Crippen molar-refractivity contribution in [1.29, 1.82) is 0 Å².